The Morgan fingerprint density at radius 1 is 0.826 bits per heavy atom. The number of rotatable bonds is 9. The highest BCUT2D eigenvalue weighted by Crippen LogP contribution is 2.32. The van der Waals surface area contributed by atoms with Crippen LogP contribution in [0.2, 0.25) is 0 Å². The first kappa shape index (κ1) is 35.6. The Bertz CT molecular complexity index is 1490. The van der Waals surface area contributed by atoms with Crippen molar-refractivity contribution in [3.63, 3.8) is 0 Å². The van der Waals surface area contributed by atoms with E-state index in [1.54, 1.807) is 51.1 Å². The molecule has 0 atom stereocenters. The third-order valence-electron chi connectivity index (χ3n) is 6.76. The summed E-state index contributed by atoms with van der Waals surface area (Å²) in [5.41, 5.74) is 11.3. The van der Waals surface area contributed by atoms with E-state index in [2.05, 4.69) is 26.7 Å². The molecule has 2 aromatic carbocycles. The quantitative estimate of drug-likeness (QED) is 0.200. The summed E-state index contributed by atoms with van der Waals surface area (Å²) in [7, 11) is 3.70. The van der Waals surface area contributed by atoms with E-state index in [1.165, 1.54) is 5.56 Å². The lowest BCUT2D eigenvalue weighted by atomic mass is 10.1. The van der Waals surface area contributed by atoms with Crippen LogP contribution in [0.25, 0.3) is 0 Å². The molecule has 2 aliphatic rings. The first-order valence-electron chi connectivity index (χ1n) is 15.0. The zero-order valence-corrected chi connectivity index (χ0v) is 28.0. The van der Waals surface area contributed by atoms with E-state index in [9.17, 15) is 19.7 Å². The van der Waals surface area contributed by atoms with Crippen molar-refractivity contribution in [3.8, 4) is 0 Å². The van der Waals surface area contributed by atoms with Crippen LogP contribution in [0, 0.1) is 10.1 Å². The predicted octanol–water partition coefficient (Wildman–Crippen LogP) is 4.65. The molecular formula is C32H46N8O6. The number of carbonyl (C=O) groups excluding carboxylic acids is 2. The molecule has 46 heavy (non-hydrogen) atoms. The van der Waals surface area contributed by atoms with Gasteiger partial charge in [0.25, 0.3) is 5.69 Å². The molecule has 2 amide bonds. The van der Waals surface area contributed by atoms with Gasteiger partial charge in [-0.15, -0.1) is 0 Å². The van der Waals surface area contributed by atoms with Gasteiger partial charge in [0, 0.05) is 64.3 Å². The summed E-state index contributed by atoms with van der Waals surface area (Å²) >= 11 is 0. The van der Waals surface area contributed by atoms with Crippen molar-refractivity contribution >= 4 is 47.4 Å². The number of nitrogens with two attached hydrogens (primary N) is 1. The average molecular weight is 639 g/mol. The van der Waals surface area contributed by atoms with Crippen LogP contribution in [-0.2, 0) is 22.6 Å². The number of alkyl carbamates (subject to hydrolysis) is 2. The molecule has 0 spiro atoms. The van der Waals surface area contributed by atoms with Crippen LogP contribution in [0.4, 0.5) is 32.3 Å². The van der Waals surface area contributed by atoms with Gasteiger partial charge in [0.05, 0.1) is 29.4 Å². The van der Waals surface area contributed by atoms with E-state index >= 15 is 0 Å². The van der Waals surface area contributed by atoms with E-state index < -0.39 is 28.3 Å². The van der Waals surface area contributed by atoms with E-state index in [0.29, 0.717) is 50.6 Å². The topological polar surface area (TPSA) is 177 Å². The van der Waals surface area contributed by atoms with Crippen LogP contribution in [0.15, 0.2) is 34.3 Å². The van der Waals surface area contributed by atoms with Crippen molar-refractivity contribution in [3.05, 3.63) is 56.6 Å². The molecule has 4 N–H and O–H groups in total. The van der Waals surface area contributed by atoms with Crippen molar-refractivity contribution in [2.45, 2.75) is 65.8 Å². The minimum Gasteiger partial charge on any atom is -0.444 e. The number of anilines is 3. The van der Waals surface area contributed by atoms with Gasteiger partial charge in [-0.2, -0.15) is 0 Å². The van der Waals surface area contributed by atoms with Crippen LogP contribution in [-0.4, -0.2) is 81.0 Å². The summed E-state index contributed by atoms with van der Waals surface area (Å²) in [6.07, 6.45) is 2.58. The molecule has 0 saturated heterocycles. The molecule has 2 aromatic rings. The fourth-order valence-electron chi connectivity index (χ4n) is 4.60. The monoisotopic (exact) mass is 638 g/mol. The smallest absolute Gasteiger partial charge is 0.407 e. The van der Waals surface area contributed by atoms with E-state index in [0.717, 1.165) is 22.4 Å². The maximum atomic E-state index is 11.6. The number of nitro benzene ring substituents is 1. The van der Waals surface area contributed by atoms with Crippen molar-refractivity contribution in [2.24, 2.45) is 9.98 Å². The molecular weight excluding hydrogens is 592 g/mol. The van der Waals surface area contributed by atoms with Crippen molar-refractivity contribution in [2.75, 3.05) is 55.8 Å². The minimum absolute atomic E-state index is 0.0295. The fourth-order valence-corrected chi connectivity index (χ4v) is 4.60. The van der Waals surface area contributed by atoms with Crippen molar-refractivity contribution in [1.82, 2.24) is 10.6 Å². The number of nitrogen functional groups attached to an aromatic ring is 1. The van der Waals surface area contributed by atoms with E-state index in [1.807, 2.05) is 45.0 Å². The highest BCUT2D eigenvalue weighted by Gasteiger charge is 2.22. The van der Waals surface area contributed by atoms with Gasteiger partial charge in [0.2, 0.25) is 0 Å². The van der Waals surface area contributed by atoms with Gasteiger partial charge in [-0.3, -0.25) is 20.1 Å². The number of likely N-dealkylation sites (N-methyl/N-ethyl adjacent to an activating group) is 2. The largest absolute Gasteiger partial charge is 0.444 e. The van der Waals surface area contributed by atoms with Gasteiger partial charge in [0.1, 0.15) is 16.9 Å². The molecule has 250 valence electrons. The molecule has 2 heterocycles. The Morgan fingerprint density at radius 2 is 1.26 bits per heavy atom. The number of fused-ring (bicyclic) bond motifs is 2. The lowest BCUT2D eigenvalue weighted by Gasteiger charge is -2.23. The zero-order valence-electron chi connectivity index (χ0n) is 28.0. The second-order valence-corrected chi connectivity index (χ2v) is 13.0. The summed E-state index contributed by atoms with van der Waals surface area (Å²) in [6, 6.07) is 7.33. The van der Waals surface area contributed by atoms with Gasteiger partial charge in [-0.05, 0) is 76.4 Å². The number of nitrogens with zero attached hydrogens (tertiary/aromatic N) is 5. The fraction of sp³-hybridized carbons (Fsp3) is 0.500. The summed E-state index contributed by atoms with van der Waals surface area (Å²) in [4.78, 5) is 46.3. The Morgan fingerprint density at radius 3 is 1.72 bits per heavy atom. The normalized spacial score (nSPS) is 12.8. The summed E-state index contributed by atoms with van der Waals surface area (Å²) in [5.74, 6) is 0. The van der Waals surface area contributed by atoms with Gasteiger partial charge < -0.3 is 35.6 Å². The Labute approximate surface area is 270 Å². The van der Waals surface area contributed by atoms with Gasteiger partial charge in [0.15, 0.2) is 0 Å². The van der Waals surface area contributed by atoms with Crippen LogP contribution in [0.1, 0.15) is 63.8 Å². The molecule has 0 fully saturated rings. The first-order valence-corrected chi connectivity index (χ1v) is 15.0. The lowest BCUT2D eigenvalue weighted by Crippen LogP contribution is -2.37. The molecule has 14 heteroatoms. The Balaban J connectivity index is 0.000000251. The van der Waals surface area contributed by atoms with Crippen molar-refractivity contribution < 1.29 is 24.0 Å². The number of hydrogen-bond donors (Lipinski definition) is 3. The molecule has 2 aliphatic heterocycles. The highest BCUT2D eigenvalue weighted by atomic mass is 16.6. The second-order valence-electron chi connectivity index (χ2n) is 13.0. The third-order valence-corrected chi connectivity index (χ3v) is 6.76. The standard InChI is InChI=1S/C16H22N4O4.C16H24N4O2/c1-16(2,3)24-15(21)18-5-6-19(4)13-7-11-9-17-10-12(11)8-14(13)20(22)23;1-16(2,3)22-15(21)19-5-6-20(4)14-8-12-10-18-9-11(12)7-13(14)17/h7-8,10H,5-6,9H2,1-4H3,(H,18,21);7-9H,5-6,10,17H2,1-4H3,(H,19,21). The zero-order chi connectivity index (χ0) is 34.2. The molecule has 0 radical (unpaired) electrons. The number of aliphatic imine (C=N–C) groups is 2. The first-order chi connectivity index (χ1) is 21.4. The predicted molar refractivity (Wildman–Crippen MR) is 182 cm³/mol. The second kappa shape index (κ2) is 14.9. The number of amides is 2. The van der Waals surface area contributed by atoms with Gasteiger partial charge >= 0.3 is 12.2 Å². The van der Waals surface area contributed by atoms with Crippen LogP contribution in [0.3, 0.4) is 0 Å². The molecule has 0 aromatic heterocycles. The number of carbonyl (C=O) groups is 2. The van der Waals surface area contributed by atoms with E-state index in [-0.39, 0.29) is 5.69 Å². The highest BCUT2D eigenvalue weighted by molar-refractivity contribution is 5.89. The van der Waals surface area contributed by atoms with Gasteiger partial charge in [-0.25, -0.2) is 9.59 Å². The maximum Gasteiger partial charge on any atom is 0.407 e. The molecule has 14 nitrogen and oxygen atoms in total. The number of hydrogen-bond acceptors (Lipinski definition) is 11. The Kier molecular flexibility index (Phi) is 11.6. The number of benzene rings is 2. The van der Waals surface area contributed by atoms with Crippen LogP contribution < -0.4 is 26.2 Å². The lowest BCUT2D eigenvalue weighted by molar-refractivity contribution is -0.384. The maximum absolute atomic E-state index is 11.6. The molecule has 0 aliphatic carbocycles. The molecule has 0 bridgehead atoms. The SMILES string of the molecule is CN(CCNC(=O)OC(C)(C)C)c1cc2c(cc1N)C=NC2.CN(CCNC(=O)OC(C)(C)C)c1cc2c(cc1[N+](=O)[O-])C=NC2. The summed E-state index contributed by atoms with van der Waals surface area (Å²) in [5, 5.41) is 16.7. The van der Waals surface area contributed by atoms with Gasteiger partial charge in [-0.1, -0.05) is 0 Å². The Hall–Kier alpha value is -4.88. The summed E-state index contributed by atoms with van der Waals surface area (Å²) < 4.78 is 10.4. The molecule has 4 rings (SSSR count). The third kappa shape index (κ3) is 10.6. The molecule has 0 saturated carbocycles. The number of nitrogens with one attached hydrogen (secondary N) is 2. The average Bonchev–Trinajstić information content (AvgIpc) is 3.58. The van der Waals surface area contributed by atoms with Crippen LogP contribution in [0.5, 0.6) is 0 Å². The number of nitro groups is 1. The summed E-state index contributed by atoms with van der Waals surface area (Å²) in [6.45, 7) is 14.0. The minimum atomic E-state index is -0.561. The van der Waals surface area contributed by atoms with Crippen molar-refractivity contribution in [1.29, 1.82) is 0 Å². The molecule has 0 unspecified atom stereocenters. The van der Waals surface area contributed by atoms with E-state index in [4.69, 9.17) is 15.2 Å². The number of ether oxygens (including phenoxy) is 2. The van der Waals surface area contributed by atoms with Crippen LogP contribution >= 0.6 is 0 Å².